The van der Waals surface area contributed by atoms with E-state index in [1.54, 1.807) is 24.3 Å². The maximum atomic E-state index is 12.7. The molecule has 38 heavy (non-hydrogen) atoms. The SMILES string of the molecule is O=C(COc1ccc(-c2ccccc2)cc1)N/N=C/c1cccc(OC(=O)c2sc3ccccc3c2Cl)c1. The zero-order chi connectivity index (χ0) is 26.3. The van der Waals surface area contributed by atoms with Crippen LogP contribution in [0.25, 0.3) is 21.2 Å². The highest BCUT2D eigenvalue weighted by Gasteiger charge is 2.19. The number of hydrazone groups is 1. The van der Waals surface area contributed by atoms with Gasteiger partial charge in [0.05, 0.1) is 11.2 Å². The average Bonchev–Trinajstić information content (AvgIpc) is 3.29. The van der Waals surface area contributed by atoms with Crippen LogP contribution in [-0.4, -0.2) is 24.7 Å². The molecule has 0 radical (unpaired) electrons. The van der Waals surface area contributed by atoms with Gasteiger partial charge in [0.25, 0.3) is 5.91 Å². The third kappa shape index (κ3) is 6.08. The van der Waals surface area contributed by atoms with E-state index in [9.17, 15) is 9.59 Å². The predicted molar refractivity (Wildman–Crippen MR) is 151 cm³/mol. The molecule has 0 spiro atoms. The van der Waals surface area contributed by atoms with Gasteiger partial charge in [-0.15, -0.1) is 11.3 Å². The van der Waals surface area contributed by atoms with Gasteiger partial charge in [0.1, 0.15) is 16.4 Å². The van der Waals surface area contributed by atoms with Crippen molar-refractivity contribution >= 4 is 51.1 Å². The maximum absolute atomic E-state index is 12.7. The molecule has 0 bridgehead atoms. The van der Waals surface area contributed by atoms with Gasteiger partial charge in [-0.25, -0.2) is 10.2 Å². The van der Waals surface area contributed by atoms with Crippen molar-refractivity contribution < 1.29 is 19.1 Å². The van der Waals surface area contributed by atoms with E-state index in [0.29, 0.717) is 27.0 Å². The molecule has 1 aromatic heterocycles. The number of fused-ring (bicyclic) bond motifs is 1. The van der Waals surface area contributed by atoms with Gasteiger partial charge in [-0.05, 0) is 47.0 Å². The Morgan fingerprint density at radius 1 is 0.842 bits per heavy atom. The van der Waals surface area contributed by atoms with E-state index in [4.69, 9.17) is 21.1 Å². The van der Waals surface area contributed by atoms with Crippen LogP contribution in [0, 0.1) is 0 Å². The Balaban J connectivity index is 1.13. The van der Waals surface area contributed by atoms with Gasteiger partial charge in [0, 0.05) is 10.1 Å². The Morgan fingerprint density at radius 2 is 1.58 bits per heavy atom. The van der Waals surface area contributed by atoms with Gasteiger partial charge in [-0.3, -0.25) is 4.79 Å². The summed E-state index contributed by atoms with van der Waals surface area (Å²) in [5.74, 6) is -0.0268. The standard InChI is InChI=1S/C30H21ClN2O4S/c31-28-25-11-4-5-12-26(25)38-29(28)30(35)37-24-10-6-7-20(17-24)18-32-33-27(34)19-36-23-15-13-22(14-16-23)21-8-2-1-3-9-21/h1-18H,19H2,(H,33,34)/b32-18+. The van der Waals surface area contributed by atoms with Crippen LogP contribution >= 0.6 is 22.9 Å². The first-order valence-corrected chi connectivity index (χ1v) is 12.9. The van der Waals surface area contributed by atoms with Gasteiger partial charge in [-0.1, -0.05) is 84.4 Å². The van der Waals surface area contributed by atoms with Crippen LogP contribution in [0.4, 0.5) is 0 Å². The number of benzene rings is 4. The molecule has 1 heterocycles. The van der Waals surface area contributed by atoms with Gasteiger partial charge < -0.3 is 9.47 Å². The van der Waals surface area contributed by atoms with Crippen LogP contribution in [0.15, 0.2) is 108 Å². The number of nitrogens with one attached hydrogen (secondary N) is 1. The lowest BCUT2D eigenvalue weighted by molar-refractivity contribution is -0.123. The van der Waals surface area contributed by atoms with Crippen molar-refractivity contribution in [1.29, 1.82) is 0 Å². The van der Waals surface area contributed by atoms with E-state index in [1.807, 2.05) is 78.9 Å². The second-order valence-electron chi connectivity index (χ2n) is 8.18. The smallest absolute Gasteiger partial charge is 0.355 e. The van der Waals surface area contributed by atoms with Gasteiger partial charge in [0.2, 0.25) is 0 Å². The summed E-state index contributed by atoms with van der Waals surface area (Å²) in [4.78, 5) is 25.2. The highest BCUT2D eigenvalue weighted by molar-refractivity contribution is 7.21. The Labute approximate surface area is 228 Å². The van der Waals surface area contributed by atoms with Crippen molar-refractivity contribution in [2.75, 3.05) is 6.61 Å². The molecule has 0 aliphatic heterocycles. The lowest BCUT2D eigenvalue weighted by atomic mass is 10.1. The van der Waals surface area contributed by atoms with Crippen LogP contribution in [0.1, 0.15) is 15.2 Å². The summed E-state index contributed by atoms with van der Waals surface area (Å²) in [5, 5.41) is 5.16. The molecule has 4 aromatic carbocycles. The minimum Gasteiger partial charge on any atom is -0.484 e. The molecule has 0 unspecified atom stereocenters. The van der Waals surface area contributed by atoms with Gasteiger partial charge >= 0.3 is 5.97 Å². The van der Waals surface area contributed by atoms with Crippen LogP contribution in [0.5, 0.6) is 11.5 Å². The van der Waals surface area contributed by atoms with E-state index < -0.39 is 11.9 Å². The maximum Gasteiger partial charge on any atom is 0.355 e. The molecule has 6 nitrogen and oxygen atoms in total. The number of rotatable bonds is 8. The third-order valence-corrected chi connectivity index (χ3v) is 7.18. The first-order valence-electron chi connectivity index (χ1n) is 11.7. The fourth-order valence-electron chi connectivity index (χ4n) is 3.69. The zero-order valence-corrected chi connectivity index (χ0v) is 21.5. The highest BCUT2D eigenvalue weighted by atomic mass is 35.5. The minimum atomic E-state index is -0.535. The first-order chi connectivity index (χ1) is 18.6. The highest BCUT2D eigenvalue weighted by Crippen LogP contribution is 2.35. The summed E-state index contributed by atoms with van der Waals surface area (Å²) in [6.45, 7) is -0.185. The first kappa shape index (κ1) is 25.2. The third-order valence-electron chi connectivity index (χ3n) is 5.52. The predicted octanol–water partition coefficient (Wildman–Crippen LogP) is 6.97. The Kier molecular flexibility index (Phi) is 7.78. The Hall–Kier alpha value is -4.46. The fourth-order valence-corrected chi connectivity index (χ4v) is 5.08. The molecule has 0 fully saturated rings. The molecule has 0 aliphatic carbocycles. The van der Waals surface area contributed by atoms with Crippen LogP contribution < -0.4 is 14.9 Å². The van der Waals surface area contributed by atoms with Crippen LogP contribution in [-0.2, 0) is 4.79 Å². The second kappa shape index (κ2) is 11.7. The molecule has 8 heteroatoms. The van der Waals surface area contributed by atoms with Crippen LogP contribution in [0.2, 0.25) is 5.02 Å². The van der Waals surface area contributed by atoms with E-state index in [2.05, 4.69) is 10.5 Å². The number of carbonyl (C=O) groups excluding carboxylic acids is 2. The summed E-state index contributed by atoms with van der Waals surface area (Å²) < 4.78 is 12.0. The molecule has 0 saturated heterocycles. The van der Waals surface area contributed by atoms with E-state index in [-0.39, 0.29) is 6.61 Å². The number of thiophene rings is 1. The lowest BCUT2D eigenvalue weighted by Gasteiger charge is -2.07. The lowest BCUT2D eigenvalue weighted by Crippen LogP contribution is -2.24. The fraction of sp³-hybridized carbons (Fsp3) is 0.0333. The Morgan fingerprint density at radius 3 is 2.37 bits per heavy atom. The van der Waals surface area contributed by atoms with Gasteiger partial charge in [0.15, 0.2) is 6.61 Å². The average molecular weight is 541 g/mol. The summed E-state index contributed by atoms with van der Waals surface area (Å²) in [7, 11) is 0. The number of ether oxygens (including phenoxy) is 2. The topological polar surface area (TPSA) is 77.0 Å². The summed E-state index contributed by atoms with van der Waals surface area (Å²) in [6.07, 6.45) is 1.45. The molecule has 0 aliphatic rings. The molecule has 5 aromatic rings. The molecule has 1 amide bonds. The van der Waals surface area contributed by atoms with Crippen molar-refractivity contribution in [2.24, 2.45) is 5.10 Å². The Bertz CT molecular complexity index is 1610. The number of carbonyl (C=O) groups is 2. The molecule has 5 rings (SSSR count). The van der Waals surface area contributed by atoms with Crippen molar-refractivity contribution in [2.45, 2.75) is 0 Å². The molecular weight excluding hydrogens is 520 g/mol. The van der Waals surface area contributed by atoms with Crippen molar-refractivity contribution in [3.05, 3.63) is 119 Å². The summed E-state index contributed by atoms with van der Waals surface area (Å²) >= 11 is 7.67. The number of halogens is 1. The van der Waals surface area contributed by atoms with E-state index in [0.717, 1.165) is 21.2 Å². The number of hydrogen-bond donors (Lipinski definition) is 1. The zero-order valence-electron chi connectivity index (χ0n) is 20.0. The molecule has 188 valence electrons. The van der Waals surface area contributed by atoms with E-state index >= 15 is 0 Å². The summed E-state index contributed by atoms with van der Waals surface area (Å²) in [6, 6.07) is 31.8. The quantitative estimate of drug-likeness (QED) is 0.0997. The monoisotopic (exact) mass is 540 g/mol. The van der Waals surface area contributed by atoms with Gasteiger partial charge in [-0.2, -0.15) is 5.10 Å². The summed E-state index contributed by atoms with van der Waals surface area (Å²) in [5.41, 5.74) is 5.23. The van der Waals surface area contributed by atoms with Crippen LogP contribution in [0.3, 0.4) is 0 Å². The van der Waals surface area contributed by atoms with Crippen molar-refractivity contribution in [3.63, 3.8) is 0 Å². The number of hydrogen-bond acceptors (Lipinski definition) is 6. The van der Waals surface area contributed by atoms with Crippen molar-refractivity contribution in [1.82, 2.24) is 5.43 Å². The number of esters is 1. The van der Waals surface area contributed by atoms with E-state index in [1.165, 1.54) is 17.6 Å². The minimum absolute atomic E-state index is 0.185. The molecule has 1 N–H and O–H groups in total. The van der Waals surface area contributed by atoms with Crippen molar-refractivity contribution in [3.8, 4) is 22.6 Å². The second-order valence-corrected chi connectivity index (χ2v) is 9.61. The normalized spacial score (nSPS) is 11.0. The number of amides is 1. The molecule has 0 saturated carbocycles. The molecule has 0 atom stereocenters. The number of nitrogens with zero attached hydrogens (tertiary/aromatic N) is 1. The molecular formula is C30H21ClN2O4S. The largest absolute Gasteiger partial charge is 0.484 e.